The minimum atomic E-state index is -0.960. The Morgan fingerprint density at radius 3 is 2.80 bits per heavy atom. The number of hydrogen-bond donors (Lipinski definition) is 1. The van der Waals surface area contributed by atoms with Crippen LogP contribution < -0.4 is 0 Å². The van der Waals surface area contributed by atoms with Gasteiger partial charge in [-0.25, -0.2) is 9.78 Å². The monoisotopic (exact) mass is 222 g/mol. The molecule has 0 saturated carbocycles. The van der Waals surface area contributed by atoms with E-state index in [1.54, 1.807) is 5.38 Å². The summed E-state index contributed by atoms with van der Waals surface area (Å²) in [5, 5.41) is 11.1. The van der Waals surface area contributed by atoms with Crippen molar-refractivity contribution in [2.75, 3.05) is 0 Å². The molecule has 0 saturated heterocycles. The zero-order valence-electron chi connectivity index (χ0n) is 7.96. The van der Waals surface area contributed by atoms with Crippen LogP contribution in [-0.2, 0) is 13.0 Å². The highest BCUT2D eigenvalue weighted by molar-refractivity contribution is 7.09. The van der Waals surface area contributed by atoms with Gasteiger partial charge in [-0.2, -0.15) is 0 Å². The molecule has 5 heteroatoms. The molecule has 2 heterocycles. The second-order valence-corrected chi connectivity index (χ2v) is 4.05. The molecule has 0 spiro atoms. The molecule has 0 amide bonds. The first-order valence-corrected chi connectivity index (χ1v) is 5.42. The second-order valence-electron chi connectivity index (χ2n) is 3.10. The molecular weight excluding hydrogens is 212 g/mol. The van der Waals surface area contributed by atoms with Gasteiger partial charge in [0.15, 0.2) is 5.69 Å². The Hall–Kier alpha value is -1.62. The Kier molecular flexibility index (Phi) is 2.82. The van der Waals surface area contributed by atoms with E-state index in [0.717, 1.165) is 18.0 Å². The SMILES string of the molecule is O=C(O)c1csc(CCn2cccc2)n1. The van der Waals surface area contributed by atoms with E-state index in [0.29, 0.717) is 0 Å². The fraction of sp³-hybridized carbons (Fsp3) is 0.200. The molecule has 0 bridgehead atoms. The van der Waals surface area contributed by atoms with Gasteiger partial charge in [0.2, 0.25) is 0 Å². The molecule has 4 nitrogen and oxygen atoms in total. The zero-order valence-corrected chi connectivity index (χ0v) is 8.78. The van der Waals surface area contributed by atoms with Crippen LogP contribution in [0.15, 0.2) is 29.9 Å². The third-order valence-corrected chi connectivity index (χ3v) is 2.93. The molecule has 0 aliphatic heterocycles. The number of carbonyl (C=O) groups is 1. The van der Waals surface area contributed by atoms with Gasteiger partial charge in [-0.3, -0.25) is 0 Å². The summed E-state index contributed by atoms with van der Waals surface area (Å²) in [6, 6.07) is 3.93. The number of carboxylic acid groups (broad SMARTS) is 1. The molecule has 1 N–H and O–H groups in total. The number of hydrogen-bond acceptors (Lipinski definition) is 3. The average molecular weight is 222 g/mol. The summed E-state index contributed by atoms with van der Waals surface area (Å²) in [6.07, 6.45) is 4.73. The molecule has 0 atom stereocenters. The minimum absolute atomic E-state index is 0.141. The number of aromatic carboxylic acids is 1. The number of aromatic nitrogens is 2. The van der Waals surface area contributed by atoms with Crippen LogP contribution in [0.25, 0.3) is 0 Å². The molecule has 15 heavy (non-hydrogen) atoms. The van der Waals surface area contributed by atoms with Crippen molar-refractivity contribution in [3.05, 3.63) is 40.6 Å². The highest BCUT2D eigenvalue weighted by Gasteiger charge is 2.07. The van der Waals surface area contributed by atoms with E-state index in [1.165, 1.54) is 11.3 Å². The summed E-state index contributed by atoms with van der Waals surface area (Å²) in [7, 11) is 0. The summed E-state index contributed by atoms with van der Waals surface area (Å²) in [5.41, 5.74) is 0.141. The molecular formula is C10H10N2O2S. The van der Waals surface area contributed by atoms with E-state index in [-0.39, 0.29) is 5.69 Å². The van der Waals surface area contributed by atoms with Crippen molar-refractivity contribution in [2.24, 2.45) is 0 Å². The summed E-state index contributed by atoms with van der Waals surface area (Å²) >= 11 is 1.39. The van der Waals surface area contributed by atoms with Crippen LogP contribution in [0.5, 0.6) is 0 Å². The maximum atomic E-state index is 10.6. The molecule has 0 unspecified atom stereocenters. The lowest BCUT2D eigenvalue weighted by Gasteiger charge is -1.98. The second kappa shape index (κ2) is 4.27. The van der Waals surface area contributed by atoms with Crippen LogP contribution in [0.3, 0.4) is 0 Å². The van der Waals surface area contributed by atoms with Gasteiger partial charge in [0.05, 0.1) is 5.01 Å². The largest absolute Gasteiger partial charge is 0.476 e. The highest BCUT2D eigenvalue weighted by Crippen LogP contribution is 2.11. The molecule has 78 valence electrons. The number of rotatable bonds is 4. The Bertz CT molecular complexity index is 448. The molecule has 0 aliphatic carbocycles. The van der Waals surface area contributed by atoms with Crippen LogP contribution >= 0.6 is 11.3 Å². The third kappa shape index (κ3) is 2.44. The van der Waals surface area contributed by atoms with Crippen molar-refractivity contribution in [1.82, 2.24) is 9.55 Å². The fourth-order valence-electron chi connectivity index (χ4n) is 1.27. The standard InChI is InChI=1S/C10H10N2O2S/c13-10(14)8-7-15-9(11-8)3-6-12-4-1-2-5-12/h1-2,4-5,7H,3,6H2,(H,13,14). The van der Waals surface area contributed by atoms with Crippen molar-refractivity contribution >= 4 is 17.3 Å². The summed E-state index contributed by atoms with van der Waals surface area (Å²) in [5.74, 6) is -0.960. The van der Waals surface area contributed by atoms with E-state index in [2.05, 4.69) is 4.98 Å². The van der Waals surface area contributed by atoms with Crippen molar-refractivity contribution in [3.8, 4) is 0 Å². The summed E-state index contributed by atoms with van der Waals surface area (Å²) in [6.45, 7) is 0.833. The average Bonchev–Trinajstić information content (AvgIpc) is 2.86. The smallest absolute Gasteiger partial charge is 0.355 e. The van der Waals surface area contributed by atoms with Crippen LogP contribution in [0, 0.1) is 0 Å². The number of thiazole rings is 1. The highest BCUT2D eigenvalue weighted by atomic mass is 32.1. The predicted molar refractivity (Wildman–Crippen MR) is 57.2 cm³/mol. The maximum absolute atomic E-state index is 10.6. The van der Waals surface area contributed by atoms with Crippen LogP contribution in [0.1, 0.15) is 15.5 Å². The third-order valence-electron chi connectivity index (χ3n) is 2.02. The van der Waals surface area contributed by atoms with Crippen molar-refractivity contribution in [1.29, 1.82) is 0 Å². The van der Waals surface area contributed by atoms with Gasteiger partial charge in [0, 0.05) is 30.7 Å². The van der Waals surface area contributed by atoms with Gasteiger partial charge >= 0.3 is 5.97 Å². The Morgan fingerprint density at radius 1 is 1.47 bits per heavy atom. The van der Waals surface area contributed by atoms with Gasteiger partial charge in [0.1, 0.15) is 0 Å². The van der Waals surface area contributed by atoms with Gasteiger partial charge < -0.3 is 9.67 Å². The van der Waals surface area contributed by atoms with Crippen molar-refractivity contribution in [2.45, 2.75) is 13.0 Å². The summed E-state index contributed by atoms with van der Waals surface area (Å²) in [4.78, 5) is 14.6. The first kappa shape index (κ1) is 9.92. The quantitative estimate of drug-likeness (QED) is 0.859. The zero-order chi connectivity index (χ0) is 10.7. The molecule has 2 aromatic heterocycles. The van der Waals surface area contributed by atoms with Crippen LogP contribution in [-0.4, -0.2) is 20.6 Å². The fourth-order valence-corrected chi connectivity index (χ4v) is 2.03. The van der Waals surface area contributed by atoms with Gasteiger partial charge in [-0.05, 0) is 12.1 Å². The van der Waals surface area contributed by atoms with Crippen molar-refractivity contribution in [3.63, 3.8) is 0 Å². The molecule has 0 fully saturated rings. The van der Waals surface area contributed by atoms with Crippen LogP contribution in [0.4, 0.5) is 0 Å². The topological polar surface area (TPSA) is 55.1 Å². The molecule has 0 aromatic carbocycles. The molecule has 0 radical (unpaired) electrons. The Balaban J connectivity index is 1.96. The van der Waals surface area contributed by atoms with Gasteiger partial charge in [0.25, 0.3) is 0 Å². The molecule has 0 aliphatic rings. The Labute approximate surface area is 90.8 Å². The van der Waals surface area contributed by atoms with E-state index in [9.17, 15) is 4.79 Å². The number of aryl methyl sites for hydroxylation is 2. The van der Waals surface area contributed by atoms with E-state index in [1.807, 2.05) is 29.1 Å². The van der Waals surface area contributed by atoms with Gasteiger partial charge in [-0.1, -0.05) is 0 Å². The van der Waals surface area contributed by atoms with E-state index in [4.69, 9.17) is 5.11 Å². The molecule has 2 rings (SSSR count). The number of nitrogens with zero attached hydrogens (tertiary/aromatic N) is 2. The van der Waals surface area contributed by atoms with E-state index < -0.39 is 5.97 Å². The minimum Gasteiger partial charge on any atom is -0.476 e. The lowest BCUT2D eigenvalue weighted by atomic mass is 10.4. The Morgan fingerprint density at radius 2 is 2.20 bits per heavy atom. The van der Waals surface area contributed by atoms with Gasteiger partial charge in [-0.15, -0.1) is 11.3 Å². The normalized spacial score (nSPS) is 10.4. The predicted octanol–water partition coefficient (Wildman–Crippen LogP) is 1.89. The maximum Gasteiger partial charge on any atom is 0.355 e. The van der Waals surface area contributed by atoms with E-state index >= 15 is 0 Å². The lowest BCUT2D eigenvalue weighted by molar-refractivity contribution is 0.0691. The first-order chi connectivity index (χ1) is 7.25. The first-order valence-electron chi connectivity index (χ1n) is 4.54. The number of carboxylic acids is 1. The van der Waals surface area contributed by atoms with Crippen LogP contribution in [0.2, 0.25) is 0 Å². The summed E-state index contributed by atoms with van der Waals surface area (Å²) < 4.78 is 2.04. The van der Waals surface area contributed by atoms with Crippen molar-refractivity contribution < 1.29 is 9.90 Å². The lowest BCUT2D eigenvalue weighted by Crippen LogP contribution is -2.00. The molecule has 2 aromatic rings.